The Kier molecular flexibility index (Phi) is 14.4. The van der Waals surface area contributed by atoms with Gasteiger partial charge in [-0.3, -0.25) is 0 Å². The summed E-state index contributed by atoms with van der Waals surface area (Å²) in [4.78, 5) is 0. The summed E-state index contributed by atoms with van der Waals surface area (Å²) in [6.45, 7) is 6.84. The van der Waals surface area contributed by atoms with Crippen molar-refractivity contribution in [2.45, 2.75) is 72.6 Å². The van der Waals surface area contributed by atoms with Crippen LogP contribution in [0.5, 0.6) is 0 Å². The molecule has 0 aromatic carbocycles. The van der Waals surface area contributed by atoms with E-state index in [-0.39, 0.29) is 8.41 Å². The maximum absolute atomic E-state index is 6.89. The van der Waals surface area contributed by atoms with Crippen LogP contribution in [0, 0.1) is 0 Å². The van der Waals surface area contributed by atoms with Gasteiger partial charge in [0.1, 0.15) is 0 Å². The Morgan fingerprint density at radius 3 is 1.20 bits per heavy atom. The second kappa shape index (κ2) is 11.6. The molecular weight excluding hydrogens is 309 g/mol. The first-order valence-corrected chi connectivity index (χ1v) is 16.0. The van der Waals surface area contributed by atoms with Gasteiger partial charge in [-0.25, -0.2) is 0 Å². The van der Waals surface area contributed by atoms with Gasteiger partial charge in [0.25, 0.3) is 0 Å². The van der Waals surface area contributed by atoms with E-state index in [9.17, 15) is 0 Å². The van der Waals surface area contributed by atoms with E-state index in [1.165, 1.54) is 51.8 Å². The van der Waals surface area contributed by atoms with Crippen LogP contribution in [0.4, 0.5) is 0 Å². The zero-order valence-corrected chi connectivity index (χ0v) is 13.9. The summed E-state index contributed by atoms with van der Waals surface area (Å²) in [5, 5.41) is 0. The summed E-state index contributed by atoms with van der Waals surface area (Å²) in [7, 11) is 6.89. The van der Waals surface area contributed by atoms with Crippen molar-refractivity contribution in [2.75, 3.05) is 0 Å². The van der Waals surface area contributed by atoms with Crippen molar-refractivity contribution >= 4 is 34.6 Å². The number of hydrogen-bond donors (Lipinski definition) is 0. The van der Waals surface area contributed by atoms with E-state index in [0.29, 0.717) is 0 Å². The third-order valence-electron chi connectivity index (χ3n) is 2.94. The Labute approximate surface area is 107 Å². The fourth-order valence-electron chi connectivity index (χ4n) is 1.86. The van der Waals surface area contributed by atoms with Gasteiger partial charge in [-0.2, -0.15) is 0 Å². The minimum absolute atomic E-state index is 0. The predicted octanol–water partition coefficient (Wildman–Crippen LogP) is 4.39. The summed E-state index contributed by atoms with van der Waals surface area (Å²) in [5.74, 6) is 0. The zero-order valence-electron chi connectivity index (χ0n) is 10.2. The molecule has 0 saturated carbocycles. The fourth-order valence-corrected chi connectivity index (χ4v) is 15.1. The van der Waals surface area contributed by atoms with E-state index in [0.717, 1.165) is 0 Å². The van der Waals surface area contributed by atoms with E-state index in [2.05, 4.69) is 20.8 Å². The molecule has 0 aromatic rings. The first kappa shape index (κ1) is 18.5. The van der Waals surface area contributed by atoms with Gasteiger partial charge in [-0.05, 0) is 0 Å². The van der Waals surface area contributed by atoms with Crippen LogP contribution < -0.4 is 0 Å². The third-order valence-corrected chi connectivity index (χ3v) is 17.4. The molecule has 0 unspecified atom stereocenters. The molecule has 92 valence electrons. The van der Waals surface area contributed by atoms with Crippen LogP contribution in [0.15, 0.2) is 0 Å². The van der Waals surface area contributed by atoms with Crippen molar-refractivity contribution < 1.29 is 0 Å². The number of rotatable bonds is 9. The molecule has 0 radical (unpaired) electrons. The fraction of sp³-hybridized carbons (Fsp3) is 1.00. The van der Waals surface area contributed by atoms with Crippen LogP contribution >= 0.6 is 8.92 Å². The minimum atomic E-state index is -2.09. The van der Waals surface area contributed by atoms with Crippen LogP contribution in [0.3, 0.4) is 0 Å². The van der Waals surface area contributed by atoms with Gasteiger partial charge >= 0.3 is 98.8 Å². The van der Waals surface area contributed by atoms with E-state index < -0.39 is 17.3 Å². The molecule has 0 aliphatic rings. The number of halogens is 1. The van der Waals surface area contributed by atoms with Crippen LogP contribution in [0.2, 0.25) is 13.3 Å². The molecule has 0 fully saturated rings. The van der Waals surface area contributed by atoms with Crippen LogP contribution in [0.1, 0.15) is 59.3 Å². The van der Waals surface area contributed by atoms with Crippen LogP contribution in [0.25, 0.3) is 0 Å². The van der Waals surface area contributed by atoms with Crippen molar-refractivity contribution in [3.05, 3.63) is 0 Å². The molecule has 0 N–H and O–H groups in total. The van der Waals surface area contributed by atoms with Gasteiger partial charge < -0.3 is 0 Å². The van der Waals surface area contributed by atoms with Gasteiger partial charge in [0.2, 0.25) is 0 Å². The Hall–Kier alpha value is 1.15. The molecule has 0 heterocycles. The topological polar surface area (TPSA) is 0 Å². The normalized spacial score (nSPS) is 11.2. The molecule has 0 atom stereocenters. The van der Waals surface area contributed by atoms with E-state index in [1.807, 2.05) is 0 Å². The molecule has 0 bridgehead atoms. The van der Waals surface area contributed by atoms with Gasteiger partial charge in [0, 0.05) is 0 Å². The van der Waals surface area contributed by atoms with Crippen molar-refractivity contribution in [2.24, 2.45) is 0 Å². The van der Waals surface area contributed by atoms with Crippen LogP contribution in [-0.4, -0.2) is 25.7 Å². The number of unbranched alkanes of at least 4 members (excludes halogenated alkanes) is 3. The molecule has 0 nitrogen and oxygen atoms in total. The Morgan fingerprint density at radius 2 is 1.00 bits per heavy atom. The summed E-state index contributed by atoms with van der Waals surface area (Å²) >= 11 is -2.09. The SMILES string of the molecule is B.CCC[CH2][Sn]([Cl])([CH2]CCC)[CH2]CCC. The summed E-state index contributed by atoms with van der Waals surface area (Å²) in [6, 6.07) is 0. The molecular formula is C12H30BClSn. The van der Waals surface area contributed by atoms with Gasteiger partial charge in [0.15, 0.2) is 0 Å². The van der Waals surface area contributed by atoms with E-state index >= 15 is 0 Å². The average molecular weight is 339 g/mol. The standard InChI is InChI=1S/3C4H9.BH3.ClH.Sn/c3*1-3-4-2;;;/h3*1,3-4H2,2H3;1H3;1H;/q;;;;;+1/p-1. The van der Waals surface area contributed by atoms with Crippen molar-refractivity contribution in [1.29, 1.82) is 0 Å². The van der Waals surface area contributed by atoms with Gasteiger partial charge in [0.05, 0.1) is 8.41 Å². The molecule has 0 spiro atoms. The van der Waals surface area contributed by atoms with E-state index in [1.54, 1.807) is 0 Å². The average Bonchev–Trinajstić information content (AvgIpc) is 2.21. The second-order valence-corrected chi connectivity index (χ2v) is 20.7. The summed E-state index contributed by atoms with van der Waals surface area (Å²) < 4.78 is 4.27. The van der Waals surface area contributed by atoms with Gasteiger partial charge in [-0.15, -0.1) is 0 Å². The first-order chi connectivity index (χ1) is 6.68. The molecule has 0 aromatic heterocycles. The van der Waals surface area contributed by atoms with Crippen molar-refractivity contribution in [1.82, 2.24) is 0 Å². The zero-order chi connectivity index (χ0) is 10.9. The number of hydrogen-bond acceptors (Lipinski definition) is 0. The molecule has 0 aliphatic heterocycles. The van der Waals surface area contributed by atoms with Crippen molar-refractivity contribution in [3.63, 3.8) is 0 Å². The summed E-state index contributed by atoms with van der Waals surface area (Å²) in [5.41, 5.74) is 0. The molecule has 0 saturated heterocycles. The third kappa shape index (κ3) is 10.0. The Balaban J connectivity index is 0. The molecule has 0 aliphatic carbocycles. The second-order valence-electron chi connectivity index (χ2n) is 4.46. The quantitative estimate of drug-likeness (QED) is 0.547. The van der Waals surface area contributed by atoms with Crippen LogP contribution in [-0.2, 0) is 0 Å². The van der Waals surface area contributed by atoms with Crippen molar-refractivity contribution in [3.8, 4) is 0 Å². The summed E-state index contributed by atoms with van der Waals surface area (Å²) in [6.07, 6.45) is 8.12. The molecule has 15 heavy (non-hydrogen) atoms. The molecule has 0 amide bonds. The first-order valence-electron chi connectivity index (χ1n) is 6.37. The molecule has 3 heteroatoms. The molecule has 0 rings (SSSR count). The Bertz CT molecular complexity index is 109. The van der Waals surface area contributed by atoms with Gasteiger partial charge in [-0.1, -0.05) is 0 Å². The monoisotopic (exact) mass is 340 g/mol. The van der Waals surface area contributed by atoms with E-state index in [4.69, 9.17) is 8.92 Å². The maximum atomic E-state index is 6.89. The predicted molar refractivity (Wildman–Crippen MR) is 80.7 cm³/mol. The Morgan fingerprint density at radius 1 is 0.733 bits per heavy atom.